The molecule has 1 heterocycles. The molecule has 0 saturated heterocycles. The van der Waals surface area contributed by atoms with Gasteiger partial charge in [0.15, 0.2) is 11.5 Å². The number of esters is 1. The molecule has 0 spiro atoms. The monoisotopic (exact) mass is 564 g/mol. The number of nitriles is 1. The molecule has 0 saturated carbocycles. The van der Waals surface area contributed by atoms with Gasteiger partial charge in [-0.25, -0.2) is 4.79 Å². The number of carbonyl (C=O) groups is 2. The Balaban J connectivity index is 1.79. The van der Waals surface area contributed by atoms with E-state index in [4.69, 9.17) is 18.9 Å². The minimum absolute atomic E-state index is 0.251. The largest absolute Gasteiger partial charge is 0.493 e. The van der Waals surface area contributed by atoms with Crippen molar-refractivity contribution in [3.05, 3.63) is 48.2 Å². The number of carbonyl (C=O) groups excluding carboxylic acids is 2. The summed E-state index contributed by atoms with van der Waals surface area (Å²) in [5.74, 6) is 1.21. The summed E-state index contributed by atoms with van der Waals surface area (Å²) in [5.41, 5.74) is 1.52. The molecule has 11 heteroatoms. The van der Waals surface area contributed by atoms with Gasteiger partial charge < -0.3 is 34.3 Å². The molecule has 3 rings (SSSR count). The van der Waals surface area contributed by atoms with Crippen LogP contribution in [0.15, 0.2) is 42.6 Å². The van der Waals surface area contributed by atoms with Crippen molar-refractivity contribution in [1.29, 1.82) is 5.26 Å². The van der Waals surface area contributed by atoms with Gasteiger partial charge in [-0.1, -0.05) is 12.1 Å². The van der Waals surface area contributed by atoms with Crippen molar-refractivity contribution in [3.8, 4) is 23.3 Å². The molecule has 11 nitrogen and oxygen atoms in total. The summed E-state index contributed by atoms with van der Waals surface area (Å²) in [5, 5.41) is 16.5. The number of ether oxygens (including phenoxy) is 5. The minimum atomic E-state index is -0.571. The van der Waals surface area contributed by atoms with Crippen LogP contribution in [0, 0.1) is 11.3 Å². The lowest BCUT2D eigenvalue weighted by Gasteiger charge is -2.19. The van der Waals surface area contributed by atoms with E-state index in [1.807, 2.05) is 18.2 Å². The van der Waals surface area contributed by atoms with Gasteiger partial charge >= 0.3 is 12.1 Å². The van der Waals surface area contributed by atoms with Gasteiger partial charge in [0.2, 0.25) is 0 Å². The first-order chi connectivity index (χ1) is 19.6. The maximum Gasteiger partial charge on any atom is 0.407 e. The van der Waals surface area contributed by atoms with Crippen molar-refractivity contribution in [2.45, 2.75) is 45.6 Å². The molecule has 0 aliphatic heterocycles. The minimum Gasteiger partial charge on any atom is -0.493 e. The molecule has 0 aliphatic carbocycles. The van der Waals surface area contributed by atoms with Gasteiger partial charge in [-0.3, -0.25) is 9.78 Å². The fourth-order valence-corrected chi connectivity index (χ4v) is 3.78. The number of hydrogen-bond acceptors (Lipinski definition) is 10. The lowest BCUT2D eigenvalue weighted by Crippen LogP contribution is -2.33. The second-order valence-corrected chi connectivity index (χ2v) is 9.96. The van der Waals surface area contributed by atoms with E-state index in [1.165, 1.54) is 20.4 Å². The normalized spacial score (nSPS) is 10.8. The number of rotatable bonds is 13. The molecule has 0 unspecified atom stereocenters. The third kappa shape index (κ3) is 9.17. The Labute approximate surface area is 239 Å². The first kappa shape index (κ1) is 30.8. The van der Waals surface area contributed by atoms with Crippen molar-refractivity contribution < 1.29 is 33.3 Å². The Kier molecular flexibility index (Phi) is 11.0. The van der Waals surface area contributed by atoms with E-state index in [0.717, 1.165) is 0 Å². The fraction of sp³-hybridized carbons (Fsp3) is 0.400. The van der Waals surface area contributed by atoms with E-state index in [0.29, 0.717) is 77.7 Å². The van der Waals surface area contributed by atoms with Crippen LogP contribution in [0.25, 0.3) is 10.9 Å². The highest BCUT2D eigenvalue weighted by molar-refractivity contribution is 5.98. The second kappa shape index (κ2) is 14.6. The average Bonchev–Trinajstić information content (AvgIpc) is 2.94. The van der Waals surface area contributed by atoms with E-state index < -0.39 is 11.7 Å². The van der Waals surface area contributed by atoms with Crippen LogP contribution >= 0.6 is 0 Å². The lowest BCUT2D eigenvalue weighted by molar-refractivity contribution is -0.140. The van der Waals surface area contributed by atoms with Gasteiger partial charge in [-0.15, -0.1) is 0 Å². The van der Waals surface area contributed by atoms with Crippen LogP contribution in [-0.2, 0) is 14.3 Å². The Morgan fingerprint density at radius 3 is 2.44 bits per heavy atom. The smallest absolute Gasteiger partial charge is 0.407 e. The molecular weight excluding hydrogens is 528 g/mol. The quantitative estimate of drug-likeness (QED) is 0.202. The molecule has 218 valence electrons. The average molecular weight is 565 g/mol. The molecular formula is C30H36N4O7. The Morgan fingerprint density at radius 1 is 1.00 bits per heavy atom. The number of hydrogen-bond donors (Lipinski definition) is 2. The van der Waals surface area contributed by atoms with Gasteiger partial charge in [0.1, 0.15) is 17.4 Å². The molecule has 2 N–H and O–H groups in total. The number of aromatic nitrogens is 1. The van der Waals surface area contributed by atoms with Crippen LogP contribution < -0.4 is 24.8 Å². The molecule has 41 heavy (non-hydrogen) atoms. The number of amides is 1. The number of benzene rings is 2. The number of fused-ring (bicyclic) bond motifs is 1. The Hall–Kier alpha value is -4.72. The fourth-order valence-electron chi connectivity index (χ4n) is 3.78. The third-order valence-electron chi connectivity index (χ3n) is 5.68. The molecule has 1 aromatic heterocycles. The van der Waals surface area contributed by atoms with E-state index in [9.17, 15) is 14.9 Å². The van der Waals surface area contributed by atoms with Gasteiger partial charge in [-0.2, -0.15) is 5.26 Å². The lowest BCUT2D eigenvalue weighted by atomic mass is 10.1. The Bertz CT molecular complexity index is 1400. The van der Waals surface area contributed by atoms with Crippen molar-refractivity contribution in [2.24, 2.45) is 0 Å². The number of para-hydroxylation sites is 2. The van der Waals surface area contributed by atoms with Crippen LogP contribution in [0.1, 0.15) is 45.6 Å². The van der Waals surface area contributed by atoms with Crippen molar-refractivity contribution in [2.75, 3.05) is 39.3 Å². The van der Waals surface area contributed by atoms with E-state index in [-0.39, 0.29) is 12.4 Å². The summed E-state index contributed by atoms with van der Waals surface area (Å²) in [4.78, 5) is 27.7. The maximum atomic E-state index is 11.9. The second-order valence-electron chi connectivity index (χ2n) is 9.96. The highest BCUT2D eigenvalue weighted by Crippen LogP contribution is 2.38. The zero-order chi connectivity index (χ0) is 29.8. The standard InChI is InChI=1S/C30H36N4O7/c1-30(2,3)41-29(36)32-13-9-15-40-26-16-21-23(17-25(26)37-4)33-19-20(18-31)28(21)34-22-10-6-7-11-24(22)39-14-8-12-27(35)38-5/h6-7,10-11,16-17,19H,8-9,12-15H2,1-5H3,(H,32,36)(H,33,34). The zero-order valence-corrected chi connectivity index (χ0v) is 24.0. The van der Waals surface area contributed by atoms with Crippen LogP contribution in [-0.4, -0.2) is 56.6 Å². The first-order valence-electron chi connectivity index (χ1n) is 13.2. The van der Waals surface area contributed by atoms with Gasteiger partial charge in [0.05, 0.1) is 49.9 Å². The number of nitrogens with one attached hydrogen (secondary N) is 2. The summed E-state index contributed by atoms with van der Waals surface area (Å²) >= 11 is 0. The third-order valence-corrected chi connectivity index (χ3v) is 5.68. The van der Waals surface area contributed by atoms with Crippen molar-refractivity contribution in [1.82, 2.24) is 10.3 Å². The molecule has 0 fully saturated rings. The zero-order valence-electron chi connectivity index (χ0n) is 24.0. The number of nitrogens with zero attached hydrogens (tertiary/aromatic N) is 2. The maximum absolute atomic E-state index is 11.9. The van der Waals surface area contributed by atoms with Crippen LogP contribution in [0.4, 0.5) is 16.2 Å². The summed E-state index contributed by atoms with van der Waals surface area (Å²) in [6, 6.07) is 13.0. The summed E-state index contributed by atoms with van der Waals surface area (Å²) in [6.07, 6.45) is 2.28. The van der Waals surface area contributed by atoms with Crippen molar-refractivity contribution >= 4 is 34.3 Å². The number of methoxy groups -OCH3 is 2. The molecule has 2 aromatic carbocycles. The molecule has 0 atom stereocenters. The number of anilines is 2. The van der Waals surface area contributed by atoms with Crippen LogP contribution in [0.5, 0.6) is 17.2 Å². The van der Waals surface area contributed by atoms with Crippen LogP contribution in [0.3, 0.4) is 0 Å². The predicted octanol–water partition coefficient (Wildman–Crippen LogP) is 5.48. The van der Waals surface area contributed by atoms with E-state index >= 15 is 0 Å². The van der Waals surface area contributed by atoms with Gasteiger partial charge in [0, 0.05) is 30.6 Å². The highest BCUT2D eigenvalue weighted by Gasteiger charge is 2.17. The summed E-state index contributed by atoms with van der Waals surface area (Å²) < 4.78 is 27.4. The van der Waals surface area contributed by atoms with Crippen LogP contribution in [0.2, 0.25) is 0 Å². The molecule has 3 aromatic rings. The molecule has 1 amide bonds. The molecule has 0 bridgehead atoms. The van der Waals surface area contributed by atoms with E-state index in [2.05, 4.69) is 26.4 Å². The van der Waals surface area contributed by atoms with Crippen molar-refractivity contribution in [3.63, 3.8) is 0 Å². The predicted molar refractivity (Wildman–Crippen MR) is 154 cm³/mol. The summed E-state index contributed by atoms with van der Waals surface area (Å²) in [7, 11) is 2.89. The molecule has 0 aliphatic rings. The summed E-state index contributed by atoms with van der Waals surface area (Å²) in [6.45, 7) is 6.39. The topological polar surface area (TPSA) is 141 Å². The highest BCUT2D eigenvalue weighted by atomic mass is 16.6. The van der Waals surface area contributed by atoms with Gasteiger partial charge in [-0.05, 0) is 51.8 Å². The van der Waals surface area contributed by atoms with Gasteiger partial charge in [0.25, 0.3) is 0 Å². The molecule has 0 radical (unpaired) electrons. The SMILES string of the molecule is COC(=O)CCCOc1ccccc1Nc1c(C#N)cnc2cc(OC)c(OCCCNC(=O)OC(C)(C)C)cc12. The Morgan fingerprint density at radius 2 is 1.73 bits per heavy atom. The van der Waals surface area contributed by atoms with E-state index in [1.54, 1.807) is 39.0 Å². The number of alkyl carbamates (subject to hydrolysis) is 1. The number of pyridine rings is 1. The first-order valence-corrected chi connectivity index (χ1v) is 13.2.